The average Bonchev–Trinajstić information content (AvgIpc) is 2.45. The van der Waals surface area contributed by atoms with Crippen LogP contribution in [-0.2, 0) is 0 Å². The fraction of sp³-hybridized carbons (Fsp3) is 0.526. The van der Waals surface area contributed by atoms with Gasteiger partial charge in [0.1, 0.15) is 5.82 Å². The number of aryl methyl sites for hydroxylation is 1. The van der Waals surface area contributed by atoms with Gasteiger partial charge in [-0.15, -0.1) is 11.8 Å². The van der Waals surface area contributed by atoms with Crippen LogP contribution in [0.15, 0.2) is 29.2 Å². The summed E-state index contributed by atoms with van der Waals surface area (Å²) < 4.78 is 0. The van der Waals surface area contributed by atoms with Gasteiger partial charge in [-0.05, 0) is 83.0 Å². The lowest BCUT2D eigenvalue weighted by molar-refractivity contribution is 0.0680. The number of thioether (sulfide) groups is 1. The van der Waals surface area contributed by atoms with E-state index in [1.54, 1.807) is 11.8 Å². The summed E-state index contributed by atoms with van der Waals surface area (Å²) in [6.07, 6.45) is 4.94. The van der Waals surface area contributed by atoms with E-state index in [-0.39, 0.29) is 0 Å². The molecule has 1 unspecified atom stereocenters. The van der Waals surface area contributed by atoms with Crippen molar-refractivity contribution in [1.82, 2.24) is 4.98 Å². The first-order chi connectivity index (χ1) is 10.8. The summed E-state index contributed by atoms with van der Waals surface area (Å²) in [5, 5.41) is 14.5. The number of fused-ring (bicyclic) bond motifs is 1. The fourth-order valence-corrected chi connectivity index (χ4v) is 3.18. The van der Waals surface area contributed by atoms with Gasteiger partial charge in [0.2, 0.25) is 0 Å². The zero-order valence-electron chi connectivity index (χ0n) is 14.8. The Morgan fingerprint density at radius 2 is 2.04 bits per heavy atom. The van der Waals surface area contributed by atoms with Crippen molar-refractivity contribution in [3.8, 4) is 0 Å². The molecule has 2 aromatic rings. The molecule has 2 N–H and O–H groups in total. The first-order valence-corrected chi connectivity index (χ1v) is 9.45. The number of pyridine rings is 1. The maximum atomic E-state index is 9.78. The highest BCUT2D eigenvalue weighted by Crippen LogP contribution is 2.26. The summed E-state index contributed by atoms with van der Waals surface area (Å²) in [5.74, 6) is 0.933. The van der Waals surface area contributed by atoms with Crippen LogP contribution in [0.5, 0.6) is 0 Å². The highest BCUT2D eigenvalue weighted by atomic mass is 32.2. The van der Waals surface area contributed by atoms with Crippen molar-refractivity contribution >= 4 is 28.5 Å². The van der Waals surface area contributed by atoms with Crippen molar-refractivity contribution in [3.05, 3.63) is 29.8 Å². The number of aliphatic hydroxyl groups is 1. The second-order valence-corrected chi connectivity index (χ2v) is 7.84. The van der Waals surface area contributed by atoms with Gasteiger partial charge in [0.15, 0.2) is 0 Å². The Labute approximate surface area is 143 Å². The monoisotopic (exact) mass is 332 g/mol. The lowest BCUT2D eigenvalue weighted by Crippen LogP contribution is -2.21. The molecule has 1 aromatic carbocycles. The van der Waals surface area contributed by atoms with Crippen LogP contribution in [0.4, 0.5) is 5.82 Å². The van der Waals surface area contributed by atoms with Crippen molar-refractivity contribution in [2.24, 2.45) is 0 Å². The number of benzene rings is 1. The maximum absolute atomic E-state index is 9.78. The molecule has 1 atom stereocenters. The van der Waals surface area contributed by atoms with Crippen LogP contribution in [0.3, 0.4) is 0 Å². The zero-order valence-corrected chi connectivity index (χ0v) is 15.6. The molecule has 0 aliphatic carbocycles. The minimum absolute atomic E-state index is 0.340. The third-order valence-electron chi connectivity index (χ3n) is 4.04. The number of hydrogen-bond acceptors (Lipinski definition) is 4. The van der Waals surface area contributed by atoms with Crippen molar-refractivity contribution in [2.75, 3.05) is 11.6 Å². The van der Waals surface area contributed by atoms with Gasteiger partial charge >= 0.3 is 0 Å². The largest absolute Gasteiger partial charge is 0.390 e. The van der Waals surface area contributed by atoms with Crippen molar-refractivity contribution < 1.29 is 5.11 Å². The van der Waals surface area contributed by atoms with Gasteiger partial charge in [0, 0.05) is 16.3 Å². The molecule has 0 radical (unpaired) electrons. The van der Waals surface area contributed by atoms with Crippen LogP contribution in [0.2, 0.25) is 0 Å². The second kappa shape index (κ2) is 7.54. The SMILES string of the molecule is CSc1ccc2nc(NC(C)CCCC(C)(C)O)cc(C)c2c1. The summed E-state index contributed by atoms with van der Waals surface area (Å²) in [4.78, 5) is 6.01. The van der Waals surface area contributed by atoms with Gasteiger partial charge in [0.25, 0.3) is 0 Å². The second-order valence-electron chi connectivity index (χ2n) is 6.96. The maximum Gasteiger partial charge on any atom is 0.127 e. The Morgan fingerprint density at radius 1 is 1.30 bits per heavy atom. The summed E-state index contributed by atoms with van der Waals surface area (Å²) in [6.45, 7) is 8.03. The van der Waals surface area contributed by atoms with Gasteiger partial charge in [-0.25, -0.2) is 4.98 Å². The molecule has 1 aromatic heterocycles. The Balaban J connectivity index is 2.05. The molecule has 0 spiro atoms. The predicted octanol–water partition coefficient (Wildman–Crippen LogP) is 5.01. The molecule has 0 fully saturated rings. The van der Waals surface area contributed by atoms with Crippen molar-refractivity contribution in [3.63, 3.8) is 0 Å². The molecular weight excluding hydrogens is 304 g/mol. The van der Waals surface area contributed by atoms with E-state index < -0.39 is 5.60 Å². The van der Waals surface area contributed by atoms with E-state index in [0.717, 1.165) is 30.6 Å². The minimum atomic E-state index is -0.577. The van der Waals surface area contributed by atoms with Crippen molar-refractivity contribution in [2.45, 2.75) is 63.5 Å². The third kappa shape index (κ3) is 5.40. The van der Waals surface area contributed by atoms with E-state index in [0.29, 0.717) is 6.04 Å². The quantitative estimate of drug-likeness (QED) is 0.700. The normalized spacial score (nSPS) is 13.3. The lowest BCUT2D eigenvalue weighted by Gasteiger charge is -2.19. The van der Waals surface area contributed by atoms with Crippen LogP contribution in [-0.4, -0.2) is 28.0 Å². The smallest absolute Gasteiger partial charge is 0.127 e. The predicted molar refractivity (Wildman–Crippen MR) is 101 cm³/mol. The number of rotatable bonds is 7. The molecular formula is C19H28N2OS. The molecule has 0 aliphatic heterocycles. The molecule has 1 heterocycles. The van der Waals surface area contributed by atoms with E-state index in [4.69, 9.17) is 4.98 Å². The first-order valence-electron chi connectivity index (χ1n) is 8.23. The lowest BCUT2D eigenvalue weighted by atomic mass is 10.00. The number of anilines is 1. The van der Waals surface area contributed by atoms with Crippen LogP contribution >= 0.6 is 11.8 Å². The number of aromatic nitrogens is 1. The molecule has 0 aliphatic rings. The summed E-state index contributed by atoms with van der Waals surface area (Å²) in [5.41, 5.74) is 1.71. The molecule has 0 amide bonds. The highest BCUT2D eigenvalue weighted by molar-refractivity contribution is 7.98. The molecule has 0 saturated carbocycles. The summed E-state index contributed by atoms with van der Waals surface area (Å²) in [7, 11) is 0. The standard InChI is InChI=1S/C19H28N2OS/c1-13-11-18(20-14(2)7-6-10-19(3,4)22)21-17-9-8-15(23-5)12-16(13)17/h8-9,11-12,14,22H,6-7,10H2,1-5H3,(H,20,21). The van der Waals surface area contributed by atoms with Gasteiger partial charge in [0.05, 0.1) is 11.1 Å². The van der Waals surface area contributed by atoms with Gasteiger partial charge < -0.3 is 10.4 Å². The van der Waals surface area contributed by atoms with E-state index in [2.05, 4.69) is 49.7 Å². The minimum Gasteiger partial charge on any atom is -0.390 e. The number of nitrogens with one attached hydrogen (secondary N) is 1. The van der Waals surface area contributed by atoms with E-state index in [1.165, 1.54) is 15.8 Å². The molecule has 4 heteroatoms. The summed E-state index contributed by atoms with van der Waals surface area (Å²) >= 11 is 1.75. The van der Waals surface area contributed by atoms with Crippen LogP contribution in [0, 0.1) is 6.92 Å². The Morgan fingerprint density at radius 3 is 2.70 bits per heavy atom. The van der Waals surface area contributed by atoms with E-state index in [9.17, 15) is 5.11 Å². The molecule has 3 nitrogen and oxygen atoms in total. The average molecular weight is 333 g/mol. The van der Waals surface area contributed by atoms with E-state index >= 15 is 0 Å². The van der Waals surface area contributed by atoms with Crippen LogP contribution in [0.25, 0.3) is 10.9 Å². The Hall–Kier alpha value is -1.26. The molecule has 0 saturated heterocycles. The summed E-state index contributed by atoms with van der Waals surface area (Å²) in [6, 6.07) is 8.89. The number of hydrogen-bond donors (Lipinski definition) is 2. The van der Waals surface area contributed by atoms with Gasteiger partial charge in [-0.1, -0.05) is 0 Å². The van der Waals surface area contributed by atoms with Gasteiger partial charge in [-0.3, -0.25) is 0 Å². The zero-order chi connectivity index (χ0) is 17.0. The molecule has 0 bridgehead atoms. The van der Waals surface area contributed by atoms with Crippen molar-refractivity contribution in [1.29, 1.82) is 0 Å². The number of nitrogens with zero attached hydrogens (tertiary/aromatic N) is 1. The molecule has 23 heavy (non-hydrogen) atoms. The topological polar surface area (TPSA) is 45.2 Å². The molecule has 2 rings (SSSR count). The molecule has 126 valence electrons. The Bertz CT molecular complexity index is 664. The highest BCUT2D eigenvalue weighted by Gasteiger charge is 2.13. The Kier molecular flexibility index (Phi) is 5.93. The fourth-order valence-electron chi connectivity index (χ4n) is 2.74. The third-order valence-corrected chi connectivity index (χ3v) is 4.77. The van der Waals surface area contributed by atoms with E-state index in [1.807, 2.05) is 13.8 Å². The first kappa shape index (κ1) is 18.1. The van der Waals surface area contributed by atoms with Gasteiger partial charge in [-0.2, -0.15) is 0 Å². The van der Waals surface area contributed by atoms with Crippen LogP contribution < -0.4 is 5.32 Å². The van der Waals surface area contributed by atoms with Crippen LogP contribution in [0.1, 0.15) is 45.6 Å².